The van der Waals surface area contributed by atoms with Crippen molar-refractivity contribution in [2.45, 2.75) is 46.4 Å². The van der Waals surface area contributed by atoms with Crippen LogP contribution in [-0.2, 0) is 13.2 Å². The second-order valence-corrected chi connectivity index (χ2v) is 7.55. The number of ether oxygens (including phenoxy) is 1. The molecule has 3 heteroatoms. The molecule has 0 heterocycles. The topological polar surface area (TPSA) is 21.3 Å². The lowest BCUT2D eigenvalue weighted by atomic mass is 10.1. The summed E-state index contributed by atoms with van der Waals surface area (Å²) in [6.45, 7) is 9.97. The van der Waals surface area contributed by atoms with E-state index in [0.717, 1.165) is 22.3 Å². The molecule has 0 aliphatic carbocycles. The van der Waals surface area contributed by atoms with Crippen LogP contribution in [0.15, 0.2) is 46.9 Å². The highest BCUT2D eigenvalue weighted by Gasteiger charge is 2.11. The second kappa shape index (κ2) is 7.30. The molecule has 0 bridgehead atoms. The highest BCUT2D eigenvalue weighted by Crippen LogP contribution is 2.25. The Kier molecular flexibility index (Phi) is 5.65. The van der Waals surface area contributed by atoms with Gasteiger partial charge in [0.15, 0.2) is 0 Å². The lowest BCUT2D eigenvalue weighted by molar-refractivity contribution is 0.300. The molecule has 0 fully saturated rings. The fraction of sp³-hybridized carbons (Fsp3) is 0.368. The minimum atomic E-state index is 0.0795. The summed E-state index contributed by atoms with van der Waals surface area (Å²) in [6, 6.07) is 14.6. The predicted molar refractivity (Wildman–Crippen MR) is 96.2 cm³/mol. The summed E-state index contributed by atoms with van der Waals surface area (Å²) in [6.07, 6.45) is 0. The van der Waals surface area contributed by atoms with E-state index in [4.69, 9.17) is 4.74 Å². The Morgan fingerprint density at radius 1 is 1.09 bits per heavy atom. The monoisotopic (exact) mass is 361 g/mol. The van der Waals surface area contributed by atoms with Crippen LogP contribution in [-0.4, -0.2) is 5.54 Å². The third-order valence-electron chi connectivity index (χ3n) is 3.31. The second-order valence-electron chi connectivity index (χ2n) is 6.63. The maximum atomic E-state index is 6.04. The molecule has 0 atom stereocenters. The van der Waals surface area contributed by atoms with Gasteiger partial charge >= 0.3 is 0 Å². The van der Waals surface area contributed by atoms with Gasteiger partial charge in [0, 0.05) is 22.1 Å². The Morgan fingerprint density at radius 2 is 1.86 bits per heavy atom. The fourth-order valence-electron chi connectivity index (χ4n) is 2.15. The Bertz CT molecular complexity index is 632. The van der Waals surface area contributed by atoms with E-state index in [1.54, 1.807) is 0 Å². The van der Waals surface area contributed by atoms with Gasteiger partial charge in [-0.1, -0.05) is 45.8 Å². The molecule has 0 unspecified atom stereocenters. The average molecular weight is 362 g/mol. The van der Waals surface area contributed by atoms with Gasteiger partial charge in [0.25, 0.3) is 0 Å². The molecular formula is C19H24BrNO. The van der Waals surface area contributed by atoms with E-state index in [0.29, 0.717) is 6.61 Å². The zero-order valence-corrected chi connectivity index (χ0v) is 15.3. The smallest absolute Gasteiger partial charge is 0.124 e. The fourth-order valence-corrected chi connectivity index (χ4v) is 2.56. The van der Waals surface area contributed by atoms with Crippen LogP contribution in [0.3, 0.4) is 0 Å². The molecule has 0 saturated heterocycles. The normalized spacial score (nSPS) is 11.5. The van der Waals surface area contributed by atoms with Crippen LogP contribution in [0, 0.1) is 6.92 Å². The van der Waals surface area contributed by atoms with Gasteiger partial charge in [-0.25, -0.2) is 0 Å². The third kappa shape index (κ3) is 5.47. The standard InChI is InChI=1S/C19H24BrNO/c1-14-6-5-7-15(10-14)13-22-18-9-8-17(20)11-16(18)12-21-19(2,3)4/h5-11,21H,12-13H2,1-4H3. The lowest BCUT2D eigenvalue weighted by Gasteiger charge is -2.22. The molecule has 118 valence electrons. The van der Waals surface area contributed by atoms with Gasteiger partial charge in [0.1, 0.15) is 12.4 Å². The predicted octanol–water partition coefficient (Wildman–Crippen LogP) is 5.22. The number of rotatable bonds is 5. The maximum absolute atomic E-state index is 6.04. The molecular weight excluding hydrogens is 338 g/mol. The first-order valence-electron chi connectivity index (χ1n) is 7.55. The average Bonchev–Trinajstić information content (AvgIpc) is 2.43. The number of nitrogens with one attached hydrogen (secondary N) is 1. The molecule has 1 N–H and O–H groups in total. The Hall–Kier alpha value is -1.32. The summed E-state index contributed by atoms with van der Waals surface area (Å²) in [5.74, 6) is 0.932. The van der Waals surface area contributed by atoms with Gasteiger partial charge in [-0.2, -0.15) is 0 Å². The largest absolute Gasteiger partial charge is 0.489 e. The van der Waals surface area contributed by atoms with Crippen molar-refractivity contribution in [1.29, 1.82) is 0 Å². The van der Waals surface area contributed by atoms with Gasteiger partial charge in [-0.05, 0) is 51.5 Å². The van der Waals surface area contributed by atoms with Crippen LogP contribution in [0.1, 0.15) is 37.5 Å². The van der Waals surface area contributed by atoms with E-state index in [2.05, 4.69) is 79.3 Å². The van der Waals surface area contributed by atoms with Gasteiger partial charge in [0.2, 0.25) is 0 Å². The van der Waals surface area contributed by atoms with Crippen molar-refractivity contribution in [2.75, 3.05) is 0 Å². The van der Waals surface area contributed by atoms with Crippen LogP contribution in [0.4, 0.5) is 0 Å². The van der Waals surface area contributed by atoms with Crippen molar-refractivity contribution in [3.63, 3.8) is 0 Å². The van der Waals surface area contributed by atoms with Crippen molar-refractivity contribution in [2.24, 2.45) is 0 Å². The van der Waals surface area contributed by atoms with Crippen LogP contribution in [0.2, 0.25) is 0 Å². The summed E-state index contributed by atoms with van der Waals surface area (Å²) in [4.78, 5) is 0. The summed E-state index contributed by atoms with van der Waals surface area (Å²) < 4.78 is 7.11. The molecule has 0 aliphatic heterocycles. The zero-order valence-electron chi connectivity index (χ0n) is 13.7. The Labute approximate surface area is 142 Å². The molecule has 0 radical (unpaired) electrons. The molecule has 0 aromatic heterocycles. The van der Waals surface area contributed by atoms with E-state index >= 15 is 0 Å². The summed E-state index contributed by atoms with van der Waals surface area (Å²) in [5.41, 5.74) is 3.69. The molecule has 2 nitrogen and oxygen atoms in total. The Morgan fingerprint density at radius 3 is 2.55 bits per heavy atom. The molecule has 0 saturated carbocycles. The van der Waals surface area contributed by atoms with Crippen molar-refractivity contribution >= 4 is 15.9 Å². The van der Waals surface area contributed by atoms with E-state index in [1.807, 2.05) is 12.1 Å². The van der Waals surface area contributed by atoms with Crippen LogP contribution >= 0.6 is 15.9 Å². The quantitative estimate of drug-likeness (QED) is 0.787. The first-order valence-corrected chi connectivity index (χ1v) is 8.34. The number of benzene rings is 2. The zero-order chi connectivity index (χ0) is 16.2. The molecule has 0 amide bonds. The van der Waals surface area contributed by atoms with Gasteiger partial charge < -0.3 is 10.1 Å². The molecule has 2 aromatic carbocycles. The van der Waals surface area contributed by atoms with Crippen molar-refractivity contribution in [1.82, 2.24) is 5.32 Å². The van der Waals surface area contributed by atoms with Crippen molar-refractivity contribution in [3.05, 3.63) is 63.6 Å². The summed E-state index contributed by atoms with van der Waals surface area (Å²) in [5, 5.41) is 3.51. The SMILES string of the molecule is Cc1cccc(COc2ccc(Br)cc2CNC(C)(C)C)c1. The van der Waals surface area contributed by atoms with Gasteiger partial charge in [-0.3, -0.25) is 0 Å². The first-order chi connectivity index (χ1) is 10.3. The number of hydrogen-bond acceptors (Lipinski definition) is 2. The van der Waals surface area contributed by atoms with E-state index in [9.17, 15) is 0 Å². The summed E-state index contributed by atoms with van der Waals surface area (Å²) in [7, 11) is 0. The summed E-state index contributed by atoms with van der Waals surface area (Å²) >= 11 is 3.54. The molecule has 22 heavy (non-hydrogen) atoms. The van der Waals surface area contributed by atoms with Crippen LogP contribution < -0.4 is 10.1 Å². The molecule has 0 spiro atoms. The van der Waals surface area contributed by atoms with Crippen molar-refractivity contribution < 1.29 is 4.74 Å². The number of hydrogen-bond donors (Lipinski definition) is 1. The minimum absolute atomic E-state index is 0.0795. The highest BCUT2D eigenvalue weighted by atomic mass is 79.9. The van der Waals surface area contributed by atoms with Gasteiger partial charge in [0.05, 0.1) is 0 Å². The number of aryl methyl sites for hydroxylation is 1. The maximum Gasteiger partial charge on any atom is 0.124 e. The molecule has 0 aliphatic rings. The Balaban J connectivity index is 2.09. The van der Waals surface area contributed by atoms with Crippen LogP contribution in [0.25, 0.3) is 0 Å². The molecule has 2 aromatic rings. The third-order valence-corrected chi connectivity index (χ3v) is 3.80. The van der Waals surface area contributed by atoms with E-state index in [-0.39, 0.29) is 5.54 Å². The minimum Gasteiger partial charge on any atom is -0.489 e. The van der Waals surface area contributed by atoms with Crippen LogP contribution in [0.5, 0.6) is 5.75 Å². The number of halogens is 1. The van der Waals surface area contributed by atoms with E-state index in [1.165, 1.54) is 11.1 Å². The van der Waals surface area contributed by atoms with E-state index < -0.39 is 0 Å². The van der Waals surface area contributed by atoms with Gasteiger partial charge in [-0.15, -0.1) is 0 Å². The first kappa shape index (κ1) is 17.0. The van der Waals surface area contributed by atoms with Crippen molar-refractivity contribution in [3.8, 4) is 5.75 Å². The molecule has 2 rings (SSSR count). The lowest BCUT2D eigenvalue weighted by Crippen LogP contribution is -2.35. The highest BCUT2D eigenvalue weighted by molar-refractivity contribution is 9.10.